The summed E-state index contributed by atoms with van der Waals surface area (Å²) < 4.78 is 33.7. The molecule has 5 N–H and O–H groups in total. The van der Waals surface area contributed by atoms with Crippen molar-refractivity contribution in [1.29, 1.82) is 0 Å². The molecule has 0 atom stereocenters. The molecule has 0 bridgehead atoms. The highest BCUT2D eigenvalue weighted by atomic mass is 32.2. The zero-order valence-corrected chi connectivity index (χ0v) is 19.1. The van der Waals surface area contributed by atoms with Gasteiger partial charge in [0.15, 0.2) is 0 Å². The Hall–Kier alpha value is -4.26. The molecule has 0 aromatic heterocycles. The molecule has 1 aliphatic rings. The van der Waals surface area contributed by atoms with Gasteiger partial charge < -0.3 is 5.84 Å². The lowest BCUT2D eigenvalue weighted by atomic mass is 10.1. The van der Waals surface area contributed by atoms with E-state index in [-0.39, 0.29) is 16.3 Å². The molecule has 0 saturated carbocycles. The number of nitrogens with two attached hydrogens (primary N) is 2. The first-order chi connectivity index (χ1) is 16.8. The molecule has 4 rings (SSSR count). The molecule has 0 heterocycles. The minimum Gasteiger partial charge on any atom is -0.305 e. The largest absolute Gasteiger partial charge is 0.305 e. The number of carbonyl (C=O) groups is 1. The zero-order valence-electron chi connectivity index (χ0n) is 18.3. The Labute approximate surface area is 200 Å². The van der Waals surface area contributed by atoms with Crippen molar-refractivity contribution < 1.29 is 17.8 Å². The van der Waals surface area contributed by atoms with Gasteiger partial charge in [-0.15, -0.1) is 10.2 Å². The maximum Gasteiger partial charge on any atom is 0.295 e. The number of azo groups is 1. The summed E-state index contributed by atoms with van der Waals surface area (Å²) in [5.74, 6) is 10.8. The quantitative estimate of drug-likeness (QED) is 0.157. The van der Waals surface area contributed by atoms with Crippen LogP contribution in [0, 0.1) is 0 Å². The molecule has 0 aliphatic heterocycles. The normalized spacial score (nSPS) is 13.3. The first-order valence-electron chi connectivity index (χ1n) is 10.4. The zero-order chi connectivity index (χ0) is 25.0. The van der Waals surface area contributed by atoms with E-state index in [1.165, 1.54) is 6.07 Å². The minimum atomic E-state index is -4.54. The Morgan fingerprint density at radius 3 is 2.20 bits per heavy atom. The summed E-state index contributed by atoms with van der Waals surface area (Å²) >= 11 is 0. The van der Waals surface area contributed by atoms with Gasteiger partial charge in [-0.3, -0.25) is 9.35 Å². The second kappa shape index (κ2) is 9.93. The highest BCUT2D eigenvalue weighted by Gasteiger charge is 2.19. The fourth-order valence-corrected chi connectivity index (χ4v) is 4.35. The standard InChI is InChI=1S/C23H21N7O4S/c24-29-28-22-19-9-5-4-8-18(19)21(35(32,33)34)14-20(22)27-26-16-12-10-15(11-13-16)23(31)30(25)17-6-2-1-3-7-17/h1-3,6-14H,4-5,25H2,(H2,24,28)(H,32,33,34)/b27-26+. The van der Waals surface area contributed by atoms with Crippen molar-refractivity contribution in [2.45, 2.75) is 17.7 Å². The Balaban J connectivity index is 1.68. The van der Waals surface area contributed by atoms with Crippen LogP contribution in [0.3, 0.4) is 0 Å². The monoisotopic (exact) mass is 491 g/mol. The molecule has 3 aromatic rings. The number of para-hydroxylation sites is 1. The van der Waals surface area contributed by atoms with Gasteiger partial charge in [0.1, 0.15) is 16.3 Å². The van der Waals surface area contributed by atoms with Crippen LogP contribution in [0.25, 0.3) is 12.2 Å². The van der Waals surface area contributed by atoms with Crippen LogP contribution in [0.15, 0.2) is 86.1 Å². The van der Waals surface area contributed by atoms with E-state index in [0.717, 1.165) is 5.01 Å². The average molecular weight is 492 g/mol. The number of anilines is 1. The van der Waals surface area contributed by atoms with Crippen LogP contribution in [-0.4, -0.2) is 18.9 Å². The van der Waals surface area contributed by atoms with Gasteiger partial charge in [0.2, 0.25) is 0 Å². The molecular weight excluding hydrogens is 470 g/mol. The number of fused-ring (bicyclic) bond motifs is 1. The molecule has 1 aliphatic carbocycles. The summed E-state index contributed by atoms with van der Waals surface area (Å²) in [6.07, 6.45) is 4.72. The van der Waals surface area contributed by atoms with E-state index >= 15 is 0 Å². The van der Waals surface area contributed by atoms with Crippen molar-refractivity contribution in [2.24, 2.45) is 32.3 Å². The van der Waals surface area contributed by atoms with Crippen LogP contribution >= 0.6 is 0 Å². The van der Waals surface area contributed by atoms with Gasteiger partial charge >= 0.3 is 0 Å². The number of rotatable bonds is 6. The van der Waals surface area contributed by atoms with E-state index in [2.05, 4.69) is 20.6 Å². The molecule has 3 aromatic carbocycles. The molecule has 1 amide bonds. The number of nitrogens with zero attached hydrogens (tertiary/aromatic N) is 5. The second-order valence-electron chi connectivity index (χ2n) is 7.50. The number of hydrazine groups is 1. The fraction of sp³-hybridized carbons (Fsp3) is 0.0870. The van der Waals surface area contributed by atoms with Crippen LogP contribution in [-0.2, 0) is 10.1 Å². The van der Waals surface area contributed by atoms with Crippen LogP contribution in [0.5, 0.6) is 0 Å². The van der Waals surface area contributed by atoms with Gasteiger partial charge in [0, 0.05) is 16.0 Å². The topological polar surface area (TPSA) is 176 Å². The van der Waals surface area contributed by atoms with E-state index in [1.54, 1.807) is 60.7 Å². The van der Waals surface area contributed by atoms with Gasteiger partial charge in [-0.05, 0) is 55.3 Å². The van der Waals surface area contributed by atoms with Crippen molar-refractivity contribution in [2.75, 3.05) is 5.01 Å². The number of carbonyl (C=O) groups excluding carboxylic acids is 1. The maximum atomic E-state index is 12.6. The fourth-order valence-electron chi connectivity index (χ4n) is 3.62. The number of hydrogen-bond acceptors (Lipinski definition) is 8. The van der Waals surface area contributed by atoms with Gasteiger partial charge in [-0.1, -0.05) is 35.6 Å². The van der Waals surface area contributed by atoms with Crippen molar-refractivity contribution in [3.63, 3.8) is 0 Å². The predicted molar refractivity (Wildman–Crippen MR) is 130 cm³/mol. The third kappa shape index (κ3) is 5.14. The summed E-state index contributed by atoms with van der Waals surface area (Å²) in [7, 11) is -4.54. The van der Waals surface area contributed by atoms with Gasteiger partial charge in [0.25, 0.3) is 16.0 Å². The molecule has 0 fully saturated rings. The molecule has 0 radical (unpaired) electrons. The van der Waals surface area contributed by atoms with E-state index in [1.807, 2.05) is 6.07 Å². The maximum absolute atomic E-state index is 12.6. The molecule has 12 heteroatoms. The molecule has 0 spiro atoms. The third-order valence-electron chi connectivity index (χ3n) is 5.26. The van der Waals surface area contributed by atoms with E-state index in [0.29, 0.717) is 40.2 Å². The van der Waals surface area contributed by atoms with Crippen molar-refractivity contribution in [3.05, 3.63) is 76.7 Å². The molecular formula is C23H21N7O4S. The highest BCUT2D eigenvalue weighted by Crippen LogP contribution is 2.29. The van der Waals surface area contributed by atoms with Gasteiger partial charge in [0.05, 0.1) is 11.4 Å². The lowest BCUT2D eigenvalue weighted by Crippen LogP contribution is -2.37. The number of hydrogen-bond donors (Lipinski definition) is 3. The lowest BCUT2D eigenvalue weighted by molar-refractivity contribution is 0.0987. The van der Waals surface area contributed by atoms with E-state index in [9.17, 15) is 17.8 Å². The summed E-state index contributed by atoms with van der Waals surface area (Å²) in [6.45, 7) is 0. The Morgan fingerprint density at radius 1 is 0.914 bits per heavy atom. The molecule has 11 nitrogen and oxygen atoms in total. The predicted octanol–water partition coefficient (Wildman–Crippen LogP) is 3.18. The average Bonchev–Trinajstić information content (AvgIpc) is 2.87. The van der Waals surface area contributed by atoms with Crippen LogP contribution in [0.1, 0.15) is 23.2 Å². The molecule has 0 unspecified atom stereocenters. The van der Waals surface area contributed by atoms with Crippen LogP contribution < -0.4 is 27.1 Å². The SMILES string of the molecule is NN=Nc1c(/N=N/c2ccc(C(=O)N(N)c3ccccc3)cc2)cc(S(=O)(=O)O)c2c1=CCCC=2. The lowest BCUT2D eigenvalue weighted by Gasteiger charge is -2.16. The second-order valence-corrected chi connectivity index (χ2v) is 8.89. The van der Waals surface area contributed by atoms with Crippen LogP contribution in [0.2, 0.25) is 0 Å². The Kier molecular flexibility index (Phi) is 6.78. The number of amides is 1. The van der Waals surface area contributed by atoms with Gasteiger partial charge in [-0.25, -0.2) is 10.9 Å². The number of benzene rings is 3. The van der Waals surface area contributed by atoms with Crippen molar-refractivity contribution in [1.82, 2.24) is 0 Å². The third-order valence-corrected chi connectivity index (χ3v) is 6.15. The first-order valence-corrected chi connectivity index (χ1v) is 11.9. The van der Waals surface area contributed by atoms with Gasteiger partial charge in [-0.2, -0.15) is 13.5 Å². The summed E-state index contributed by atoms with van der Waals surface area (Å²) in [6, 6.07) is 16.2. The van der Waals surface area contributed by atoms with Crippen LogP contribution in [0.4, 0.5) is 22.7 Å². The Morgan fingerprint density at radius 2 is 1.57 bits per heavy atom. The minimum absolute atomic E-state index is 0.0505. The van der Waals surface area contributed by atoms with E-state index in [4.69, 9.17) is 11.7 Å². The smallest absolute Gasteiger partial charge is 0.295 e. The first kappa shape index (κ1) is 23.9. The van der Waals surface area contributed by atoms with Crippen molar-refractivity contribution >= 4 is 50.9 Å². The summed E-state index contributed by atoms with van der Waals surface area (Å²) in [5, 5.41) is 17.3. The van der Waals surface area contributed by atoms with Crippen molar-refractivity contribution in [3.8, 4) is 0 Å². The molecule has 0 saturated heterocycles. The molecule has 35 heavy (non-hydrogen) atoms. The highest BCUT2D eigenvalue weighted by molar-refractivity contribution is 7.85. The summed E-state index contributed by atoms with van der Waals surface area (Å²) in [4.78, 5) is 12.3. The Bertz CT molecular complexity index is 1550. The summed E-state index contributed by atoms with van der Waals surface area (Å²) in [5.41, 5.74) is 1.53. The molecule has 178 valence electrons. The van der Waals surface area contributed by atoms with E-state index < -0.39 is 16.0 Å².